The van der Waals surface area contributed by atoms with Gasteiger partial charge in [-0.25, -0.2) is 13.2 Å². The van der Waals surface area contributed by atoms with E-state index < -0.39 is 26.5 Å². The molecule has 0 aromatic heterocycles. The summed E-state index contributed by atoms with van der Waals surface area (Å²) in [7, 11) is -3.55. The van der Waals surface area contributed by atoms with Crippen molar-refractivity contribution in [2.24, 2.45) is 0 Å². The zero-order chi connectivity index (χ0) is 16.5. The largest absolute Gasteiger partial charge is 0.478 e. The molecule has 1 fully saturated rings. The van der Waals surface area contributed by atoms with Crippen molar-refractivity contribution in [3.8, 4) is 0 Å². The van der Waals surface area contributed by atoms with Gasteiger partial charge in [-0.1, -0.05) is 18.9 Å². The summed E-state index contributed by atoms with van der Waals surface area (Å²) in [6, 6.07) is 4.51. The van der Waals surface area contributed by atoms with Crippen LogP contribution in [0.4, 0.5) is 5.69 Å². The van der Waals surface area contributed by atoms with Crippen LogP contribution in [0.3, 0.4) is 0 Å². The number of amides is 1. The summed E-state index contributed by atoms with van der Waals surface area (Å²) in [5.41, 5.74) is 0.949. The van der Waals surface area contributed by atoms with Gasteiger partial charge in [-0.05, 0) is 37.5 Å². The van der Waals surface area contributed by atoms with E-state index in [2.05, 4.69) is 5.32 Å². The van der Waals surface area contributed by atoms with Gasteiger partial charge in [0.05, 0.1) is 5.56 Å². The lowest BCUT2D eigenvalue weighted by atomic mass is 10.0. The Kier molecular flexibility index (Phi) is 4.28. The molecule has 1 saturated carbocycles. The number of carboxylic acids is 1. The number of aromatic carboxylic acids is 1. The zero-order valence-electron chi connectivity index (χ0n) is 12.5. The van der Waals surface area contributed by atoms with Crippen molar-refractivity contribution in [3.05, 3.63) is 29.3 Å². The Bertz CT molecular complexity index is 717. The molecule has 1 aliphatic rings. The molecule has 0 saturated heterocycles. The van der Waals surface area contributed by atoms with Gasteiger partial charge in [0.25, 0.3) is 0 Å². The number of hydrogen-bond donors (Lipinski definition) is 2. The molecule has 1 aliphatic carbocycles. The fourth-order valence-electron chi connectivity index (χ4n) is 2.89. The summed E-state index contributed by atoms with van der Waals surface area (Å²) in [5.74, 6) is -1.67. The van der Waals surface area contributed by atoms with Crippen molar-refractivity contribution in [3.63, 3.8) is 0 Å². The minimum Gasteiger partial charge on any atom is -0.478 e. The number of aryl methyl sites for hydroxylation is 1. The number of carbonyl (C=O) groups excluding carboxylic acids is 1. The first-order valence-electron chi connectivity index (χ1n) is 7.02. The van der Waals surface area contributed by atoms with E-state index in [0.29, 0.717) is 36.9 Å². The topological polar surface area (TPSA) is 101 Å². The van der Waals surface area contributed by atoms with Crippen LogP contribution in [0.15, 0.2) is 18.2 Å². The van der Waals surface area contributed by atoms with Crippen LogP contribution in [-0.2, 0) is 14.6 Å². The molecule has 1 amide bonds. The van der Waals surface area contributed by atoms with Crippen molar-refractivity contribution in [2.75, 3.05) is 11.6 Å². The second-order valence-electron chi connectivity index (χ2n) is 5.76. The van der Waals surface area contributed by atoms with Crippen molar-refractivity contribution in [2.45, 2.75) is 37.4 Å². The van der Waals surface area contributed by atoms with Crippen LogP contribution >= 0.6 is 0 Å². The number of anilines is 1. The highest BCUT2D eigenvalue weighted by molar-refractivity contribution is 7.92. The van der Waals surface area contributed by atoms with Crippen molar-refractivity contribution in [1.82, 2.24) is 0 Å². The van der Waals surface area contributed by atoms with Gasteiger partial charge in [0.1, 0.15) is 0 Å². The van der Waals surface area contributed by atoms with Gasteiger partial charge in [-0.3, -0.25) is 4.79 Å². The van der Waals surface area contributed by atoms with E-state index in [1.54, 1.807) is 19.1 Å². The molecular weight excluding hydrogens is 306 g/mol. The molecule has 0 spiro atoms. The van der Waals surface area contributed by atoms with Gasteiger partial charge < -0.3 is 10.4 Å². The third kappa shape index (κ3) is 2.85. The fourth-order valence-corrected chi connectivity index (χ4v) is 4.31. The number of rotatable bonds is 4. The maximum absolute atomic E-state index is 12.5. The van der Waals surface area contributed by atoms with Crippen LogP contribution in [-0.4, -0.2) is 36.4 Å². The summed E-state index contributed by atoms with van der Waals surface area (Å²) in [4.78, 5) is 23.6. The second-order valence-corrected chi connectivity index (χ2v) is 8.09. The third-order valence-electron chi connectivity index (χ3n) is 4.26. The van der Waals surface area contributed by atoms with E-state index >= 15 is 0 Å². The van der Waals surface area contributed by atoms with E-state index in [1.165, 1.54) is 6.07 Å². The first kappa shape index (κ1) is 16.5. The van der Waals surface area contributed by atoms with Crippen LogP contribution < -0.4 is 5.32 Å². The SMILES string of the molecule is Cc1ccc(NC(=O)C2(S(C)(=O)=O)CCCC2)cc1C(=O)O. The number of carboxylic acid groups (broad SMARTS) is 1. The first-order chi connectivity index (χ1) is 10.2. The van der Waals surface area contributed by atoms with Gasteiger partial charge in [0.2, 0.25) is 5.91 Å². The summed E-state index contributed by atoms with van der Waals surface area (Å²) < 4.78 is 22.7. The molecule has 0 bridgehead atoms. The predicted molar refractivity (Wildman–Crippen MR) is 82.8 cm³/mol. The van der Waals surface area contributed by atoms with Gasteiger partial charge in [0.15, 0.2) is 14.6 Å². The van der Waals surface area contributed by atoms with Gasteiger partial charge in [0, 0.05) is 11.9 Å². The maximum Gasteiger partial charge on any atom is 0.336 e. The Morgan fingerprint density at radius 3 is 2.32 bits per heavy atom. The normalized spacial score (nSPS) is 17.2. The summed E-state index contributed by atoms with van der Waals surface area (Å²) in [6.45, 7) is 1.66. The smallest absolute Gasteiger partial charge is 0.336 e. The average molecular weight is 325 g/mol. The molecule has 1 aromatic rings. The van der Waals surface area contributed by atoms with E-state index in [0.717, 1.165) is 6.26 Å². The number of nitrogens with one attached hydrogen (secondary N) is 1. The van der Waals surface area contributed by atoms with Crippen LogP contribution in [0.1, 0.15) is 41.6 Å². The van der Waals surface area contributed by atoms with E-state index in [-0.39, 0.29) is 5.56 Å². The third-order valence-corrected chi connectivity index (χ3v) is 6.27. The molecule has 6 nitrogen and oxygen atoms in total. The molecule has 22 heavy (non-hydrogen) atoms. The molecule has 0 heterocycles. The van der Waals surface area contributed by atoms with Gasteiger partial charge in [-0.2, -0.15) is 0 Å². The van der Waals surface area contributed by atoms with Crippen LogP contribution in [0, 0.1) is 6.92 Å². The molecule has 120 valence electrons. The predicted octanol–water partition coefficient (Wildman–Crippen LogP) is 1.99. The number of benzene rings is 1. The molecule has 7 heteroatoms. The lowest BCUT2D eigenvalue weighted by molar-refractivity contribution is -0.118. The Hall–Kier alpha value is -1.89. The molecule has 0 unspecified atom stereocenters. The van der Waals surface area contributed by atoms with E-state index in [1.807, 2.05) is 0 Å². The van der Waals surface area contributed by atoms with Crippen LogP contribution in [0.25, 0.3) is 0 Å². The standard InChI is InChI=1S/C15H19NO5S/c1-10-5-6-11(9-12(10)13(17)18)16-14(19)15(22(2,20)21)7-3-4-8-15/h5-6,9H,3-4,7-8H2,1-2H3,(H,16,19)(H,17,18). The lowest BCUT2D eigenvalue weighted by Crippen LogP contribution is -2.47. The molecule has 0 atom stereocenters. The number of carbonyl (C=O) groups is 2. The summed E-state index contributed by atoms with van der Waals surface area (Å²) in [5, 5.41) is 11.7. The van der Waals surface area contributed by atoms with Gasteiger partial charge in [-0.15, -0.1) is 0 Å². The first-order valence-corrected chi connectivity index (χ1v) is 8.91. The lowest BCUT2D eigenvalue weighted by Gasteiger charge is -2.25. The quantitative estimate of drug-likeness (QED) is 0.881. The van der Waals surface area contributed by atoms with Crippen LogP contribution in [0.5, 0.6) is 0 Å². The molecule has 2 N–H and O–H groups in total. The highest BCUT2D eigenvalue weighted by Crippen LogP contribution is 2.37. The van der Waals surface area contributed by atoms with Gasteiger partial charge >= 0.3 is 5.97 Å². The molecule has 1 aromatic carbocycles. The number of sulfone groups is 1. The Morgan fingerprint density at radius 1 is 1.23 bits per heavy atom. The molecular formula is C15H19NO5S. The highest BCUT2D eigenvalue weighted by Gasteiger charge is 2.49. The zero-order valence-corrected chi connectivity index (χ0v) is 13.4. The molecule has 0 radical (unpaired) electrons. The summed E-state index contributed by atoms with van der Waals surface area (Å²) in [6.07, 6.45) is 3.06. The Labute approximate surface area is 129 Å². The Morgan fingerprint density at radius 2 is 1.82 bits per heavy atom. The minimum atomic E-state index is -3.55. The highest BCUT2D eigenvalue weighted by atomic mass is 32.2. The van der Waals surface area contributed by atoms with Crippen molar-refractivity contribution in [1.29, 1.82) is 0 Å². The monoisotopic (exact) mass is 325 g/mol. The van der Waals surface area contributed by atoms with Crippen molar-refractivity contribution >= 4 is 27.4 Å². The number of hydrogen-bond acceptors (Lipinski definition) is 4. The second kappa shape index (κ2) is 5.72. The average Bonchev–Trinajstić information content (AvgIpc) is 2.91. The fraction of sp³-hybridized carbons (Fsp3) is 0.467. The summed E-state index contributed by atoms with van der Waals surface area (Å²) >= 11 is 0. The minimum absolute atomic E-state index is 0.0811. The van der Waals surface area contributed by atoms with E-state index in [9.17, 15) is 18.0 Å². The van der Waals surface area contributed by atoms with Crippen LogP contribution in [0.2, 0.25) is 0 Å². The van der Waals surface area contributed by atoms with E-state index in [4.69, 9.17) is 5.11 Å². The van der Waals surface area contributed by atoms with Crippen molar-refractivity contribution < 1.29 is 23.1 Å². The Balaban J connectivity index is 2.32. The molecule has 2 rings (SSSR count). The maximum atomic E-state index is 12.5. The molecule has 0 aliphatic heterocycles.